The van der Waals surface area contributed by atoms with Crippen LogP contribution < -0.4 is 10.9 Å². The fourth-order valence-electron chi connectivity index (χ4n) is 1.26. The Balaban J connectivity index is 1.94. The van der Waals surface area contributed by atoms with Crippen LogP contribution >= 0.6 is 15.9 Å². The molecular weight excluding hydrogens is 284 g/mol. The van der Waals surface area contributed by atoms with Crippen LogP contribution in [0.2, 0.25) is 0 Å². The highest BCUT2D eigenvalue weighted by Gasteiger charge is 2.09. The smallest absolute Gasteiger partial charge is 0.305 e. The van der Waals surface area contributed by atoms with Crippen molar-refractivity contribution in [1.82, 2.24) is 5.43 Å². The zero-order chi connectivity index (χ0) is 12.3. The first-order valence-corrected chi connectivity index (χ1v) is 5.83. The van der Waals surface area contributed by atoms with Crippen LogP contribution in [-0.2, 0) is 0 Å². The van der Waals surface area contributed by atoms with Gasteiger partial charge in [-0.15, -0.1) is 0 Å². The van der Waals surface area contributed by atoms with Gasteiger partial charge in [-0.25, -0.2) is 0 Å². The molecule has 17 heavy (non-hydrogen) atoms. The SMILES string of the molecule is Cc1ccc(NNC(=O)c2ccc(Br)o2)cc1. The minimum Gasteiger partial charge on any atom is -0.444 e. The quantitative estimate of drug-likeness (QED) is 0.855. The van der Waals surface area contributed by atoms with E-state index < -0.39 is 0 Å². The molecule has 2 N–H and O–H groups in total. The normalized spacial score (nSPS) is 10.0. The Morgan fingerprint density at radius 1 is 1.18 bits per heavy atom. The van der Waals surface area contributed by atoms with Gasteiger partial charge in [-0.2, -0.15) is 0 Å². The monoisotopic (exact) mass is 294 g/mol. The maximum atomic E-state index is 11.6. The molecule has 1 heterocycles. The molecule has 0 atom stereocenters. The largest absolute Gasteiger partial charge is 0.444 e. The number of nitrogens with one attached hydrogen (secondary N) is 2. The molecule has 2 aromatic rings. The van der Waals surface area contributed by atoms with Crippen molar-refractivity contribution in [2.24, 2.45) is 0 Å². The number of rotatable bonds is 3. The van der Waals surface area contributed by atoms with Gasteiger partial charge >= 0.3 is 5.91 Å². The molecule has 1 aromatic carbocycles. The number of hydrogen-bond acceptors (Lipinski definition) is 3. The van der Waals surface area contributed by atoms with E-state index in [1.165, 1.54) is 0 Å². The lowest BCUT2D eigenvalue weighted by Gasteiger charge is -2.06. The van der Waals surface area contributed by atoms with E-state index in [4.69, 9.17) is 4.42 Å². The summed E-state index contributed by atoms with van der Waals surface area (Å²) in [6, 6.07) is 10.9. The zero-order valence-corrected chi connectivity index (χ0v) is 10.7. The summed E-state index contributed by atoms with van der Waals surface area (Å²) in [5, 5.41) is 0. The molecule has 0 unspecified atom stereocenters. The molecule has 0 saturated carbocycles. The molecule has 1 amide bonds. The van der Waals surface area contributed by atoms with E-state index in [9.17, 15) is 4.79 Å². The highest BCUT2D eigenvalue weighted by molar-refractivity contribution is 9.10. The lowest BCUT2D eigenvalue weighted by Crippen LogP contribution is -2.28. The Bertz CT molecular complexity index is 520. The van der Waals surface area contributed by atoms with E-state index in [1.807, 2.05) is 31.2 Å². The van der Waals surface area contributed by atoms with Crippen molar-refractivity contribution in [2.45, 2.75) is 6.92 Å². The minimum atomic E-state index is -0.323. The second-order valence-corrected chi connectivity index (χ2v) is 4.33. The fraction of sp³-hybridized carbons (Fsp3) is 0.0833. The molecule has 2 rings (SSSR count). The van der Waals surface area contributed by atoms with Crippen molar-refractivity contribution in [1.29, 1.82) is 0 Å². The number of aryl methyl sites for hydroxylation is 1. The summed E-state index contributed by atoms with van der Waals surface area (Å²) in [7, 11) is 0. The number of anilines is 1. The van der Waals surface area contributed by atoms with Crippen molar-refractivity contribution in [3.05, 3.63) is 52.4 Å². The first kappa shape index (κ1) is 11.7. The minimum absolute atomic E-state index is 0.247. The van der Waals surface area contributed by atoms with Crippen LogP contribution in [0.4, 0.5) is 5.69 Å². The lowest BCUT2D eigenvalue weighted by atomic mass is 10.2. The molecule has 0 bridgehead atoms. The molecule has 0 aliphatic heterocycles. The van der Waals surface area contributed by atoms with Crippen LogP contribution in [0.1, 0.15) is 16.1 Å². The van der Waals surface area contributed by atoms with Gasteiger partial charge in [-0.1, -0.05) is 17.7 Å². The standard InChI is InChI=1S/C12H11BrN2O2/c1-8-2-4-9(5-3-8)14-15-12(16)10-6-7-11(13)17-10/h2-7,14H,1H3,(H,15,16). The number of hydrogen-bond donors (Lipinski definition) is 2. The molecule has 0 saturated heterocycles. The van der Waals surface area contributed by atoms with Gasteiger partial charge in [0, 0.05) is 0 Å². The highest BCUT2D eigenvalue weighted by Crippen LogP contribution is 2.14. The van der Waals surface area contributed by atoms with Crippen molar-refractivity contribution >= 4 is 27.5 Å². The van der Waals surface area contributed by atoms with Gasteiger partial charge in [0.15, 0.2) is 10.4 Å². The zero-order valence-electron chi connectivity index (χ0n) is 9.16. The summed E-state index contributed by atoms with van der Waals surface area (Å²) in [6.45, 7) is 2.00. The third-order valence-electron chi connectivity index (χ3n) is 2.17. The van der Waals surface area contributed by atoms with Gasteiger partial charge in [0.1, 0.15) is 0 Å². The summed E-state index contributed by atoms with van der Waals surface area (Å²) in [6.07, 6.45) is 0. The topological polar surface area (TPSA) is 54.3 Å². The Hall–Kier alpha value is -1.75. The van der Waals surface area contributed by atoms with Gasteiger partial charge in [0.25, 0.3) is 0 Å². The summed E-state index contributed by atoms with van der Waals surface area (Å²) >= 11 is 3.14. The maximum absolute atomic E-state index is 11.6. The number of benzene rings is 1. The predicted octanol–water partition coefficient (Wildman–Crippen LogP) is 3.11. The van der Waals surface area contributed by atoms with E-state index in [0.717, 1.165) is 11.3 Å². The van der Waals surface area contributed by atoms with E-state index in [2.05, 4.69) is 26.8 Å². The van der Waals surface area contributed by atoms with Crippen LogP contribution in [-0.4, -0.2) is 5.91 Å². The molecule has 1 aromatic heterocycles. The average Bonchev–Trinajstić information content (AvgIpc) is 2.75. The number of furan rings is 1. The first-order valence-electron chi connectivity index (χ1n) is 5.03. The molecule has 4 nitrogen and oxygen atoms in total. The summed E-state index contributed by atoms with van der Waals surface area (Å²) in [5.74, 6) is -0.0761. The molecule has 0 aliphatic rings. The molecule has 0 aliphatic carbocycles. The average molecular weight is 295 g/mol. The molecule has 5 heteroatoms. The highest BCUT2D eigenvalue weighted by atomic mass is 79.9. The van der Waals surface area contributed by atoms with E-state index in [0.29, 0.717) is 4.67 Å². The Morgan fingerprint density at radius 3 is 2.47 bits per heavy atom. The predicted molar refractivity (Wildman–Crippen MR) is 68.7 cm³/mol. The van der Waals surface area contributed by atoms with Gasteiger partial charge < -0.3 is 4.42 Å². The number of amides is 1. The summed E-state index contributed by atoms with van der Waals surface area (Å²) < 4.78 is 5.64. The van der Waals surface area contributed by atoms with Crippen LogP contribution in [0.15, 0.2) is 45.5 Å². The Labute approximate surface area is 107 Å². The number of carbonyl (C=O) groups is 1. The van der Waals surface area contributed by atoms with Gasteiger partial charge in [-0.05, 0) is 47.1 Å². The third-order valence-corrected chi connectivity index (χ3v) is 2.60. The number of carbonyl (C=O) groups excluding carboxylic acids is 1. The van der Waals surface area contributed by atoms with Gasteiger partial charge in [0.05, 0.1) is 5.69 Å². The maximum Gasteiger partial charge on any atom is 0.305 e. The second-order valence-electron chi connectivity index (χ2n) is 3.55. The van der Waals surface area contributed by atoms with Crippen molar-refractivity contribution < 1.29 is 9.21 Å². The summed E-state index contributed by atoms with van der Waals surface area (Å²) in [4.78, 5) is 11.6. The molecule has 0 radical (unpaired) electrons. The summed E-state index contributed by atoms with van der Waals surface area (Å²) in [5.41, 5.74) is 7.33. The first-order chi connectivity index (χ1) is 8.15. The van der Waals surface area contributed by atoms with Crippen LogP contribution in [0.3, 0.4) is 0 Å². The Morgan fingerprint density at radius 2 is 1.88 bits per heavy atom. The van der Waals surface area contributed by atoms with E-state index in [-0.39, 0.29) is 11.7 Å². The van der Waals surface area contributed by atoms with Crippen LogP contribution in [0, 0.1) is 6.92 Å². The second kappa shape index (κ2) is 5.05. The number of halogens is 1. The molecule has 88 valence electrons. The number of hydrazine groups is 1. The van der Waals surface area contributed by atoms with E-state index in [1.54, 1.807) is 12.1 Å². The van der Waals surface area contributed by atoms with Crippen LogP contribution in [0.5, 0.6) is 0 Å². The van der Waals surface area contributed by atoms with Crippen molar-refractivity contribution in [3.63, 3.8) is 0 Å². The molecule has 0 spiro atoms. The molecular formula is C12H11BrN2O2. The van der Waals surface area contributed by atoms with Gasteiger partial charge in [-0.3, -0.25) is 15.6 Å². The van der Waals surface area contributed by atoms with Crippen LogP contribution in [0.25, 0.3) is 0 Å². The lowest BCUT2D eigenvalue weighted by molar-refractivity contribution is 0.0934. The van der Waals surface area contributed by atoms with Gasteiger partial charge in [0.2, 0.25) is 0 Å². The van der Waals surface area contributed by atoms with Crippen molar-refractivity contribution in [2.75, 3.05) is 5.43 Å². The van der Waals surface area contributed by atoms with Crippen molar-refractivity contribution in [3.8, 4) is 0 Å². The fourth-order valence-corrected chi connectivity index (χ4v) is 1.57. The molecule has 0 fully saturated rings. The Kier molecular flexibility index (Phi) is 3.49. The third kappa shape index (κ3) is 3.10. The van der Waals surface area contributed by atoms with E-state index >= 15 is 0 Å².